The van der Waals surface area contributed by atoms with Gasteiger partial charge in [0.15, 0.2) is 0 Å². The Morgan fingerprint density at radius 3 is 2.15 bits per heavy atom. The Bertz CT molecular complexity index is 897. The quantitative estimate of drug-likeness (QED) is 0.648. The normalized spacial score (nSPS) is 10.7. The second-order valence-electron chi connectivity index (χ2n) is 6.23. The summed E-state index contributed by atoms with van der Waals surface area (Å²) in [5.41, 5.74) is 4.68. The Hall–Kier alpha value is -3.33. The molecule has 3 nitrogen and oxygen atoms in total. The van der Waals surface area contributed by atoms with E-state index >= 15 is 0 Å². The van der Waals surface area contributed by atoms with Crippen LogP contribution in [0.25, 0.3) is 12.2 Å². The van der Waals surface area contributed by atoms with Gasteiger partial charge in [-0.15, -0.1) is 0 Å². The van der Waals surface area contributed by atoms with E-state index in [1.807, 2.05) is 68.7 Å². The van der Waals surface area contributed by atoms with E-state index in [-0.39, 0.29) is 5.91 Å². The van der Waals surface area contributed by atoms with Crippen LogP contribution in [0, 0.1) is 0 Å². The monoisotopic (exact) mass is 342 g/mol. The first-order valence-corrected chi connectivity index (χ1v) is 8.54. The molecule has 3 rings (SSSR count). The Morgan fingerprint density at radius 1 is 0.808 bits per heavy atom. The number of benzene rings is 3. The van der Waals surface area contributed by atoms with Crippen molar-refractivity contribution in [1.29, 1.82) is 0 Å². The van der Waals surface area contributed by atoms with Gasteiger partial charge < -0.3 is 10.2 Å². The Labute approximate surface area is 154 Å². The van der Waals surface area contributed by atoms with E-state index < -0.39 is 0 Å². The predicted molar refractivity (Wildman–Crippen MR) is 111 cm³/mol. The molecule has 3 aromatic carbocycles. The molecule has 0 spiro atoms. The zero-order chi connectivity index (χ0) is 18.4. The minimum atomic E-state index is -0.109. The maximum atomic E-state index is 12.4. The first-order valence-electron chi connectivity index (χ1n) is 8.54. The molecule has 1 N–H and O–H groups in total. The lowest BCUT2D eigenvalue weighted by molar-refractivity contribution is 0.102. The molecule has 0 aliphatic carbocycles. The second-order valence-corrected chi connectivity index (χ2v) is 6.23. The summed E-state index contributed by atoms with van der Waals surface area (Å²) in [4.78, 5) is 14.5. The number of para-hydroxylation sites is 1. The summed E-state index contributed by atoms with van der Waals surface area (Å²) in [7, 11) is 4.05. The summed E-state index contributed by atoms with van der Waals surface area (Å²) < 4.78 is 0. The highest BCUT2D eigenvalue weighted by Gasteiger charge is 2.07. The molecule has 0 unspecified atom stereocenters. The Balaban J connectivity index is 1.77. The van der Waals surface area contributed by atoms with E-state index in [1.165, 1.54) is 0 Å². The molecule has 3 heteroatoms. The highest BCUT2D eigenvalue weighted by molar-refractivity contribution is 6.05. The molecule has 26 heavy (non-hydrogen) atoms. The topological polar surface area (TPSA) is 32.3 Å². The summed E-state index contributed by atoms with van der Waals surface area (Å²) in [5, 5.41) is 2.99. The maximum absolute atomic E-state index is 12.4. The first kappa shape index (κ1) is 17.5. The standard InChI is InChI=1S/C23H22N2O/c1-25(2)21-16-13-18(14-17-21)12-15-19-8-6-7-11-22(19)24-23(26)20-9-4-3-5-10-20/h3-17H,1-2H3,(H,24,26)/b15-12+. The maximum Gasteiger partial charge on any atom is 0.255 e. The number of nitrogens with one attached hydrogen (secondary N) is 1. The first-order chi connectivity index (χ1) is 12.6. The minimum absolute atomic E-state index is 0.109. The third-order valence-corrected chi connectivity index (χ3v) is 4.11. The average Bonchev–Trinajstić information content (AvgIpc) is 2.68. The Kier molecular flexibility index (Phi) is 5.49. The lowest BCUT2D eigenvalue weighted by atomic mass is 10.1. The van der Waals surface area contributed by atoms with E-state index in [9.17, 15) is 4.79 Å². The van der Waals surface area contributed by atoms with Crippen LogP contribution in [0.5, 0.6) is 0 Å². The number of anilines is 2. The summed E-state index contributed by atoms with van der Waals surface area (Å²) in [6, 6.07) is 25.3. The number of carbonyl (C=O) groups is 1. The molecule has 0 heterocycles. The molecule has 0 aliphatic rings. The van der Waals surface area contributed by atoms with Crippen molar-refractivity contribution in [2.75, 3.05) is 24.3 Å². The summed E-state index contributed by atoms with van der Waals surface area (Å²) in [6.07, 6.45) is 4.07. The number of hydrogen-bond donors (Lipinski definition) is 1. The van der Waals surface area contributed by atoms with Gasteiger partial charge in [0, 0.05) is 31.0 Å². The lowest BCUT2D eigenvalue weighted by Crippen LogP contribution is -2.12. The second kappa shape index (κ2) is 8.17. The van der Waals surface area contributed by atoms with Crippen molar-refractivity contribution in [2.45, 2.75) is 0 Å². The molecule has 0 atom stereocenters. The fourth-order valence-electron chi connectivity index (χ4n) is 2.61. The van der Waals surface area contributed by atoms with Gasteiger partial charge in [-0.05, 0) is 41.5 Å². The molecule has 0 saturated carbocycles. The zero-order valence-corrected chi connectivity index (χ0v) is 15.0. The molecular weight excluding hydrogens is 320 g/mol. The summed E-state index contributed by atoms with van der Waals surface area (Å²) >= 11 is 0. The summed E-state index contributed by atoms with van der Waals surface area (Å²) in [5.74, 6) is -0.109. The number of hydrogen-bond acceptors (Lipinski definition) is 2. The molecule has 0 aliphatic heterocycles. The van der Waals surface area contributed by atoms with Gasteiger partial charge in [-0.1, -0.05) is 60.7 Å². The highest BCUT2D eigenvalue weighted by atomic mass is 16.1. The lowest BCUT2D eigenvalue weighted by Gasteiger charge is -2.12. The van der Waals surface area contributed by atoms with Crippen molar-refractivity contribution >= 4 is 29.4 Å². The number of nitrogens with zero attached hydrogens (tertiary/aromatic N) is 1. The molecular formula is C23H22N2O. The molecule has 130 valence electrons. The van der Waals surface area contributed by atoms with Gasteiger partial charge in [0.1, 0.15) is 0 Å². The molecule has 0 saturated heterocycles. The van der Waals surface area contributed by atoms with E-state index in [2.05, 4.69) is 34.5 Å². The van der Waals surface area contributed by atoms with E-state index in [0.29, 0.717) is 5.56 Å². The van der Waals surface area contributed by atoms with Crippen molar-refractivity contribution in [3.8, 4) is 0 Å². The molecule has 0 aromatic heterocycles. The number of carbonyl (C=O) groups excluding carboxylic acids is 1. The van der Waals surface area contributed by atoms with Gasteiger partial charge in [0.05, 0.1) is 0 Å². The van der Waals surface area contributed by atoms with Gasteiger partial charge in [0.2, 0.25) is 0 Å². The van der Waals surface area contributed by atoms with Crippen LogP contribution in [-0.4, -0.2) is 20.0 Å². The van der Waals surface area contributed by atoms with Crippen molar-refractivity contribution in [1.82, 2.24) is 0 Å². The van der Waals surface area contributed by atoms with Crippen LogP contribution in [0.4, 0.5) is 11.4 Å². The smallest absolute Gasteiger partial charge is 0.255 e. The van der Waals surface area contributed by atoms with Crippen LogP contribution >= 0.6 is 0 Å². The third-order valence-electron chi connectivity index (χ3n) is 4.11. The van der Waals surface area contributed by atoms with Crippen LogP contribution in [-0.2, 0) is 0 Å². The van der Waals surface area contributed by atoms with Gasteiger partial charge in [-0.3, -0.25) is 4.79 Å². The van der Waals surface area contributed by atoms with Gasteiger partial charge in [0.25, 0.3) is 5.91 Å². The van der Waals surface area contributed by atoms with Crippen LogP contribution in [0.15, 0.2) is 78.9 Å². The van der Waals surface area contributed by atoms with Gasteiger partial charge >= 0.3 is 0 Å². The number of amides is 1. The third kappa shape index (κ3) is 4.39. The van der Waals surface area contributed by atoms with E-state index in [1.54, 1.807) is 12.1 Å². The average molecular weight is 342 g/mol. The van der Waals surface area contributed by atoms with Crippen LogP contribution in [0.2, 0.25) is 0 Å². The highest BCUT2D eigenvalue weighted by Crippen LogP contribution is 2.20. The van der Waals surface area contributed by atoms with Crippen molar-refractivity contribution in [3.63, 3.8) is 0 Å². The van der Waals surface area contributed by atoms with Crippen molar-refractivity contribution in [2.24, 2.45) is 0 Å². The SMILES string of the molecule is CN(C)c1ccc(/C=C/c2ccccc2NC(=O)c2ccccc2)cc1. The van der Waals surface area contributed by atoms with Crippen LogP contribution in [0.1, 0.15) is 21.5 Å². The molecule has 3 aromatic rings. The minimum Gasteiger partial charge on any atom is -0.378 e. The zero-order valence-electron chi connectivity index (χ0n) is 15.0. The van der Waals surface area contributed by atoms with Gasteiger partial charge in [-0.25, -0.2) is 0 Å². The van der Waals surface area contributed by atoms with E-state index in [4.69, 9.17) is 0 Å². The predicted octanol–water partition coefficient (Wildman–Crippen LogP) is 5.18. The molecule has 1 amide bonds. The molecule has 0 radical (unpaired) electrons. The van der Waals surface area contributed by atoms with Crippen LogP contribution < -0.4 is 10.2 Å². The fourth-order valence-corrected chi connectivity index (χ4v) is 2.61. The molecule has 0 fully saturated rings. The number of rotatable bonds is 5. The summed E-state index contributed by atoms with van der Waals surface area (Å²) in [6.45, 7) is 0. The van der Waals surface area contributed by atoms with Crippen molar-refractivity contribution < 1.29 is 4.79 Å². The fraction of sp³-hybridized carbons (Fsp3) is 0.0870. The molecule has 0 bridgehead atoms. The van der Waals surface area contributed by atoms with E-state index in [0.717, 1.165) is 22.5 Å². The largest absolute Gasteiger partial charge is 0.378 e. The Morgan fingerprint density at radius 2 is 1.46 bits per heavy atom. The van der Waals surface area contributed by atoms with Gasteiger partial charge in [-0.2, -0.15) is 0 Å². The van der Waals surface area contributed by atoms with Crippen LogP contribution in [0.3, 0.4) is 0 Å². The van der Waals surface area contributed by atoms with Crippen molar-refractivity contribution in [3.05, 3.63) is 95.6 Å².